The lowest BCUT2D eigenvalue weighted by atomic mass is 10.1. The molecule has 0 aliphatic carbocycles. The first-order chi connectivity index (χ1) is 14.0. The van der Waals surface area contributed by atoms with Gasteiger partial charge in [-0.15, -0.1) is 0 Å². The van der Waals surface area contributed by atoms with E-state index in [9.17, 15) is 19.7 Å². The number of nitro groups is 1. The van der Waals surface area contributed by atoms with Crippen LogP contribution in [-0.2, 0) is 4.79 Å². The number of non-ortho nitro benzene ring substituents is 1. The Kier molecular flexibility index (Phi) is 8.82. The smallest absolute Gasteiger partial charge is 0.343 e. The van der Waals surface area contributed by atoms with E-state index in [1.165, 1.54) is 67.8 Å². The topological polar surface area (TPSA) is 95.7 Å². The summed E-state index contributed by atoms with van der Waals surface area (Å²) in [5, 5.41) is 10.6. The van der Waals surface area contributed by atoms with Gasteiger partial charge in [0.15, 0.2) is 0 Å². The number of hydrogen-bond acceptors (Lipinski definition) is 6. The number of hydrogen-bond donors (Lipinski definition) is 0. The number of benzene rings is 2. The number of ether oxygens (including phenoxy) is 2. The van der Waals surface area contributed by atoms with Crippen LogP contribution < -0.4 is 9.47 Å². The molecule has 0 heterocycles. The summed E-state index contributed by atoms with van der Waals surface area (Å²) >= 11 is 0. The van der Waals surface area contributed by atoms with Gasteiger partial charge in [-0.2, -0.15) is 0 Å². The van der Waals surface area contributed by atoms with Crippen molar-refractivity contribution >= 4 is 17.6 Å². The maximum Gasteiger partial charge on any atom is 0.343 e. The molecule has 154 valence electrons. The zero-order valence-corrected chi connectivity index (χ0v) is 16.5. The fraction of sp³-hybridized carbons (Fsp3) is 0.364. The van der Waals surface area contributed by atoms with Gasteiger partial charge >= 0.3 is 11.9 Å². The molecule has 0 bridgehead atoms. The second-order valence-corrected chi connectivity index (χ2v) is 6.66. The molecule has 29 heavy (non-hydrogen) atoms. The first-order valence-corrected chi connectivity index (χ1v) is 9.77. The molecule has 0 radical (unpaired) electrons. The summed E-state index contributed by atoms with van der Waals surface area (Å²) < 4.78 is 10.5. The molecule has 0 atom stereocenters. The molecule has 0 aliphatic heterocycles. The van der Waals surface area contributed by atoms with Crippen LogP contribution in [0.15, 0.2) is 48.5 Å². The average molecular weight is 399 g/mol. The van der Waals surface area contributed by atoms with Gasteiger partial charge in [-0.05, 0) is 42.8 Å². The van der Waals surface area contributed by atoms with E-state index in [0.717, 1.165) is 19.3 Å². The lowest BCUT2D eigenvalue weighted by Gasteiger charge is -2.07. The molecule has 0 aliphatic rings. The largest absolute Gasteiger partial charge is 0.427 e. The van der Waals surface area contributed by atoms with Crippen LogP contribution in [0.2, 0.25) is 0 Å². The highest BCUT2D eigenvalue weighted by Gasteiger charge is 2.12. The van der Waals surface area contributed by atoms with Crippen LogP contribution in [0.1, 0.15) is 62.2 Å². The van der Waals surface area contributed by atoms with Crippen molar-refractivity contribution in [2.45, 2.75) is 51.9 Å². The highest BCUT2D eigenvalue weighted by molar-refractivity contribution is 5.91. The Labute approximate surface area is 169 Å². The van der Waals surface area contributed by atoms with Crippen molar-refractivity contribution in [2.24, 2.45) is 0 Å². The maximum atomic E-state index is 12.2. The summed E-state index contributed by atoms with van der Waals surface area (Å²) in [6, 6.07) is 11.3. The Morgan fingerprint density at radius 2 is 1.38 bits per heavy atom. The number of rotatable bonds is 11. The molecular weight excluding hydrogens is 374 g/mol. The SMILES string of the molecule is CCCCCCCCC(=O)Oc1ccc(C(=O)Oc2ccc([N+](=O)[O-])cc2)cc1. The van der Waals surface area contributed by atoms with Crippen LogP contribution in [0, 0.1) is 10.1 Å². The Morgan fingerprint density at radius 3 is 2.00 bits per heavy atom. The normalized spacial score (nSPS) is 10.4. The minimum Gasteiger partial charge on any atom is -0.427 e. The quantitative estimate of drug-likeness (QED) is 0.163. The van der Waals surface area contributed by atoms with Crippen LogP contribution in [0.3, 0.4) is 0 Å². The van der Waals surface area contributed by atoms with Crippen molar-refractivity contribution in [3.05, 3.63) is 64.2 Å². The molecule has 0 amide bonds. The van der Waals surface area contributed by atoms with Gasteiger partial charge in [-0.25, -0.2) is 4.79 Å². The van der Waals surface area contributed by atoms with Crippen molar-refractivity contribution in [3.8, 4) is 11.5 Å². The van der Waals surface area contributed by atoms with Crippen LogP contribution in [-0.4, -0.2) is 16.9 Å². The van der Waals surface area contributed by atoms with Gasteiger partial charge in [0.25, 0.3) is 5.69 Å². The average Bonchev–Trinajstić information content (AvgIpc) is 2.71. The fourth-order valence-electron chi connectivity index (χ4n) is 2.69. The molecule has 0 fully saturated rings. The molecule has 0 spiro atoms. The van der Waals surface area contributed by atoms with Gasteiger partial charge < -0.3 is 9.47 Å². The van der Waals surface area contributed by atoms with E-state index in [2.05, 4.69) is 6.92 Å². The zero-order valence-electron chi connectivity index (χ0n) is 16.5. The second kappa shape index (κ2) is 11.6. The fourth-order valence-corrected chi connectivity index (χ4v) is 2.69. The van der Waals surface area contributed by atoms with Crippen molar-refractivity contribution < 1.29 is 24.0 Å². The molecule has 0 unspecified atom stereocenters. The van der Waals surface area contributed by atoms with Crippen molar-refractivity contribution in [3.63, 3.8) is 0 Å². The molecule has 0 saturated carbocycles. The third-order valence-electron chi connectivity index (χ3n) is 4.31. The van der Waals surface area contributed by atoms with E-state index in [-0.39, 0.29) is 23.0 Å². The Bertz CT molecular complexity index is 814. The van der Waals surface area contributed by atoms with E-state index in [1.807, 2.05) is 0 Å². The molecule has 0 aromatic heterocycles. The first kappa shape index (κ1) is 22.1. The van der Waals surface area contributed by atoms with Gasteiger partial charge in [0.1, 0.15) is 11.5 Å². The van der Waals surface area contributed by atoms with Crippen LogP contribution >= 0.6 is 0 Å². The molecular formula is C22H25NO6. The van der Waals surface area contributed by atoms with Crippen LogP contribution in [0.25, 0.3) is 0 Å². The Morgan fingerprint density at radius 1 is 0.828 bits per heavy atom. The van der Waals surface area contributed by atoms with Gasteiger partial charge in [0.05, 0.1) is 10.5 Å². The third-order valence-corrected chi connectivity index (χ3v) is 4.31. The second-order valence-electron chi connectivity index (χ2n) is 6.66. The summed E-state index contributed by atoms with van der Waals surface area (Å²) in [6.45, 7) is 2.16. The molecule has 7 nitrogen and oxygen atoms in total. The van der Waals surface area contributed by atoms with Crippen molar-refractivity contribution in [2.75, 3.05) is 0 Å². The van der Waals surface area contributed by atoms with Gasteiger partial charge in [0, 0.05) is 18.6 Å². The minimum atomic E-state index is -0.608. The summed E-state index contributed by atoms with van der Waals surface area (Å²) in [5.41, 5.74) is 0.191. The van der Waals surface area contributed by atoms with E-state index in [4.69, 9.17) is 9.47 Å². The third kappa shape index (κ3) is 7.73. The number of esters is 2. The number of carbonyl (C=O) groups is 2. The molecule has 0 N–H and O–H groups in total. The molecule has 2 aromatic rings. The molecule has 0 saturated heterocycles. The summed E-state index contributed by atoms with van der Waals surface area (Å²) in [4.78, 5) is 34.1. The van der Waals surface area contributed by atoms with Crippen LogP contribution in [0.4, 0.5) is 5.69 Å². The van der Waals surface area contributed by atoms with E-state index < -0.39 is 10.9 Å². The first-order valence-electron chi connectivity index (χ1n) is 9.77. The lowest BCUT2D eigenvalue weighted by Crippen LogP contribution is -2.10. The number of unbranched alkanes of at least 4 members (excludes halogenated alkanes) is 5. The highest BCUT2D eigenvalue weighted by atomic mass is 16.6. The van der Waals surface area contributed by atoms with E-state index >= 15 is 0 Å². The Balaban J connectivity index is 1.79. The maximum absolute atomic E-state index is 12.2. The molecule has 2 aromatic carbocycles. The number of nitro benzene ring substituents is 1. The number of carbonyl (C=O) groups excluding carboxylic acids is 2. The summed E-state index contributed by atoms with van der Waals surface area (Å²) in [6.07, 6.45) is 6.94. The monoisotopic (exact) mass is 399 g/mol. The van der Waals surface area contributed by atoms with Crippen LogP contribution in [0.5, 0.6) is 11.5 Å². The summed E-state index contributed by atoms with van der Waals surface area (Å²) in [5.74, 6) is -0.326. The van der Waals surface area contributed by atoms with Gasteiger partial charge in [-0.3, -0.25) is 14.9 Å². The minimum absolute atomic E-state index is 0.0862. The Hall–Kier alpha value is -3.22. The van der Waals surface area contributed by atoms with Gasteiger partial charge in [0.2, 0.25) is 0 Å². The van der Waals surface area contributed by atoms with Crippen molar-refractivity contribution in [1.82, 2.24) is 0 Å². The molecule has 2 rings (SSSR count). The number of nitrogens with zero attached hydrogens (tertiary/aromatic N) is 1. The summed E-state index contributed by atoms with van der Waals surface area (Å²) in [7, 11) is 0. The standard InChI is InChI=1S/C22H25NO6/c1-2-3-4-5-6-7-8-21(24)28-19-13-9-17(10-14-19)22(25)29-20-15-11-18(12-16-20)23(26)27/h9-16H,2-8H2,1H3. The molecule has 7 heteroatoms. The predicted octanol–water partition coefficient (Wildman–Crippen LogP) is 5.47. The highest BCUT2D eigenvalue weighted by Crippen LogP contribution is 2.20. The van der Waals surface area contributed by atoms with E-state index in [0.29, 0.717) is 12.2 Å². The predicted molar refractivity (Wildman–Crippen MR) is 108 cm³/mol. The lowest BCUT2D eigenvalue weighted by molar-refractivity contribution is -0.384. The zero-order chi connectivity index (χ0) is 21.1. The van der Waals surface area contributed by atoms with Gasteiger partial charge in [-0.1, -0.05) is 39.0 Å². The van der Waals surface area contributed by atoms with E-state index in [1.54, 1.807) is 0 Å². The van der Waals surface area contributed by atoms with Crippen molar-refractivity contribution in [1.29, 1.82) is 0 Å².